The van der Waals surface area contributed by atoms with Crippen LogP contribution in [0.5, 0.6) is 0 Å². The van der Waals surface area contributed by atoms with Gasteiger partial charge in [0.25, 0.3) is 5.92 Å². The van der Waals surface area contributed by atoms with Gasteiger partial charge in [0.1, 0.15) is 5.15 Å². The maximum Gasteiger partial charge on any atom is 0.417 e. The van der Waals surface area contributed by atoms with E-state index in [2.05, 4.69) is 22.0 Å². The SMILES string of the molecule is C=NCC1(NC(=O)[C@@H]2C[C@@H](S(=O)(=O)c3ccc(-c4ccnc(Cl)c4)cc3C(F)(F)F)C[C@H]2C(=O)N2CC(F)(F)C2)CC1. The van der Waals surface area contributed by atoms with Crippen LogP contribution in [0.15, 0.2) is 46.4 Å². The molecule has 1 aromatic heterocycles. The molecular formula is C27H26ClF5N4O4S. The summed E-state index contributed by atoms with van der Waals surface area (Å²) in [5.41, 5.74) is -1.78. The molecule has 2 aliphatic carbocycles. The molecule has 226 valence electrons. The topological polar surface area (TPSA) is 109 Å². The minimum atomic E-state index is -5.07. The molecule has 15 heteroatoms. The van der Waals surface area contributed by atoms with Crippen LogP contribution in [0.4, 0.5) is 22.0 Å². The fraction of sp³-hybridized carbons (Fsp3) is 0.481. The van der Waals surface area contributed by atoms with E-state index >= 15 is 0 Å². The normalized spacial score (nSPS) is 24.5. The summed E-state index contributed by atoms with van der Waals surface area (Å²) in [4.78, 5) is 33.9. The van der Waals surface area contributed by atoms with Gasteiger partial charge in [0.05, 0.1) is 52.7 Å². The molecule has 3 aliphatic rings. The standard InChI is InChI=1S/C27H26ClF5N4O4S/c1-34-12-25(5-6-25)36-23(38)18-10-17(11-19(18)24(39)37-13-26(29,30)14-37)42(40,41)21-3-2-15(8-20(21)27(31,32)33)16-4-7-35-22(28)9-16/h2-4,7-9,17-19H,1,5-6,10-14H2,(H,36,38)/t17-,18-,19-/m1/s1. The number of hydrogen-bond donors (Lipinski definition) is 1. The van der Waals surface area contributed by atoms with Crippen molar-refractivity contribution in [3.63, 3.8) is 0 Å². The highest BCUT2D eigenvalue weighted by Gasteiger charge is 2.55. The largest absolute Gasteiger partial charge is 0.417 e. The number of aromatic nitrogens is 1. The Balaban J connectivity index is 1.48. The van der Waals surface area contributed by atoms with Gasteiger partial charge < -0.3 is 10.2 Å². The summed E-state index contributed by atoms with van der Waals surface area (Å²) in [7, 11) is -4.75. The lowest BCUT2D eigenvalue weighted by Gasteiger charge is -2.40. The summed E-state index contributed by atoms with van der Waals surface area (Å²) in [5.74, 6) is -7.15. The Hall–Kier alpha value is -3.13. The molecule has 1 aliphatic heterocycles. The zero-order valence-electron chi connectivity index (χ0n) is 22.0. The molecule has 2 amide bonds. The Kier molecular flexibility index (Phi) is 7.62. The maximum absolute atomic E-state index is 14.2. The van der Waals surface area contributed by atoms with E-state index < -0.39 is 92.8 Å². The van der Waals surface area contributed by atoms with E-state index in [1.165, 1.54) is 24.4 Å². The fourth-order valence-corrected chi connectivity index (χ4v) is 7.89. The quantitative estimate of drug-likeness (QED) is 0.263. The molecule has 0 bridgehead atoms. The van der Waals surface area contributed by atoms with Crippen LogP contribution >= 0.6 is 11.6 Å². The zero-order valence-corrected chi connectivity index (χ0v) is 23.6. The second-order valence-electron chi connectivity index (χ2n) is 11.1. The number of sulfone groups is 1. The number of alkyl halides is 5. The lowest BCUT2D eigenvalue weighted by atomic mass is 9.92. The van der Waals surface area contributed by atoms with Crippen molar-refractivity contribution in [2.45, 2.75) is 53.5 Å². The average molecular weight is 633 g/mol. The summed E-state index contributed by atoms with van der Waals surface area (Å²) >= 11 is 5.86. The molecule has 2 aromatic rings. The molecule has 2 saturated carbocycles. The summed E-state index contributed by atoms with van der Waals surface area (Å²) in [5, 5.41) is 1.27. The summed E-state index contributed by atoms with van der Waals surface area (Å²) in [6.45, 7) is 1.84. The minimum Gasteiger partial charge on any atom is -0.349 e. The third kappa shape index (κ3) is 5.87. The van der Waals surface area contributed by atoms with Crippen molar-refractivity contribution in [3.05, 3.63) is 47.2 Å². The molecule has 0 unspecified atom stereocenters. The van der Waals surface area contributed by atoms with Crippen LogP contribution in [0.1, 0.15) is 31.2 Å². The van der Waals surface area contributed by atoms with E-state index in [-0.39, 0.29) is 22.8 Å². The number of hydrogen-bond acceptors (Lipinski definition) is 6. The van der Waals surface area contributed by atoms with Crippen molar-refractivity contribution in [3.8, 4) is 11.1 Å². The van der Waals surface area contributed by atoms with Gasteiger partial charge >= 0.3 is 6.18 Å². The predicted molar refractivity (Wildman–Crippen MR) is 143 cm³/mol. The van der Waals surface area contributed by atoms with Gasteiger partial charge in [0, 0.05) is 6.20 Å². The number of halogens is 6. The number of carbonyl (C=O) groups excluding carboxylic acids is 2. The van der Waals surface area contributed by atoms with Crippen LogP contribution in [0.3, 0.4) is 0 Å². The second-order valence-corrected chi connectivity index (χ2v) is 13.7. The van der Waals surface area contributed by atoms with Crippen LogP contribution in [0.2, 0.25) is 5.15 Å². The van der Waals surface area contributed by atoms with Crippen LogP contribution in [0, 0.1) is 11.8 Å². The lowest BCUT2D eigenvalue weighted by Crippen LogP contribution is -2.60. The van der Waals surface area contributed by atoms with Gasteiger partial charge in [0.2, 0.25) is 11.8 Å². The number of rotatable bonds is 8. The monoisotopic (exact) mass is 632 g/mol. The molecule has 1 N–H and O–H groups in total. The summed E-state index contributed by atoms with van der Waals surface area (Å²) < 4.78 is 97.3. The van der Waals surface area contributed by atoms with E-state index in [4.69, 9.17) is 11.6 Å². The highest BCUT2D eigenvalue weighted by Crippen LogP contribution is 2.45. The number of amides is 2. The van der Waals surface area contributed by atoms with Gasteiger partial charge in [-0.1, -0.05) is 17.7 Å². The Labute approximate surface area is 243 Å². The maximum atomic E-state index is 14.2. The lowest BCUT2D eigenvalue weighted by molar-refractivity contribution is -0.171. The van der Waals surface area contributed by atoms with Gasteiger partial charge in [-0.3, -0.25) is 14.6 Å². The first-order chi connectivity index (χ1) is 19.6. The van der Waals surface area contributed by atoms with Crippen molar-refractivity contribution in [2.24, 2.45) is 16.8 Å². The second kappa shape index (κ2) is 10.5. The molecule has 3 atom stereocenters. The third-order valence-electron chi connectivity index (χ3n) is 8.08. The van der Waals surface area contributed by atoms with Gasteiger partial charge in [-0.05, 0) is 67.8 Å². The number of aliphatic imine (C=N–C) groups is 1. The number of nitrogens with zero attached hydrogens (tertiary/aromatic N) is 3. The first-order valence-electron chi connectivity index (χ1n) is 13.0. The highest BCUT2D eigenvalue weighted by atomic mass is 35.5. The third-order valence-corrected chi connectivity index (χ3v) is 10.5. The molecular weight excluding hydrogens is 607 g/mol. The van der Waals surface area contributed by atoms with Gasteiger partial charge in [-0.15, -0.1) is 0 Å². The molecule has 1 saturated heterocycles. The Morgan fingerprint density at radius 2 is 1.74 bits per heavy atom. The predicted octanol–water partition coefficient (Wildman–Crippen LogP) is 4.42. The van der Waals surface area contributed by atoms with Crippen molar-refractivity contribution in [1.29, 1.82) is 0 Å². The van der Waals surface area contributed by atoms with E-state index in [0.717, 1.165) is 11.0 Å². The van der Waals surface area contributed by atoms with Crippen molar-refractivity contribution in [2.75, 3.05) is 19.6 Å². The van der Waals surface area contributed by atoms with Gasteiger partial charge in [-0.2, -0.15) is 13.2 Å². The minimum absolute atomic E-state index is 0.0283. The van der Waals surface area contributed by atoms with E-state index in [1.807, 2.05) is 0 Å². The van der Waals surface area contributed by atoms with Crippen LogP contribution in [-0.2, 0) is 25.6 Å². The number of benzene rings is 1. The van der Waals surface area contributed by atoms with E-state index in [0.29, 0.717) is 18.9 Å². The van der Waals surface area contributed by atoms with Gasteiger partial charge in [0.15, 0.2) is 9.84 Å². The van der Waals surface area contributed by atoms with Crippen molar-refractivity contribution >= 4 is 40.0 Å². The summed E-state index contributed by atoms with van der Waals surface area (Å²) in [6.07, 6.45) is -3.57. The first kappa shape index (κ1) is 30.3. The smallest absolute Gasteiger partial charge is 0.349 e. The molecule has 0 radical (unpaired) electrons. The van der Waals surface area contributed by atoms with Crippen molar-refractivity contribution < 1.29 is 40.0 Å². The number of carbonyl (C=O) groups is 2. The van der Waals surface area contributed by atoms with Crippen LogP contribution in [-0.4, -0.2) is 73.2 Å². The number of nitrogens with one attached hydrogen (secondary N) is 1. The van der Waals surface area contributed by atoms with Crippen LogP contribution < -0.4 is 5.32 Å². The molecule has 42 heavy (non-hydrogen) atoms. The Morgan fingerprint density at radius 3 is 2.31 bits per heavy atom. The number of likely N-dealkylation sites (tertiary alicyclic amines) is 1. The Morgan fingerprint density at radius 1 is 1.10 bits per heavy atom. The summed E-state index contributed by atoms with van der Waals surface area (Å²) in [6, 6.07) is 5.49. The molecule has 5 rings (SSSR count). The highest BCUT2D eigenvalue weighted by molar-refractivity contribution is 7.92. The molecule has 1 aromatic carbocycles. The van der Waals surface area contributed by atoms with E-state index in [9.17, 15) is 40.0 Å². The molecule has 0 spiro atoms. The van der Waals surface area contributed by atoms with Crippen molar-refractivity contribution in [1.82, 2.24) is 15.2 Å². The average Bonchev–Trinajstić information content (AvgIpc) is 3.48. The van der Waals surface area contributed by atoms with Gasteiger partial charge in [-0.25, -0.2) is 22.2 Å². The molecule has 3 fully saturated rings. The fourth-order valence-electron chi connectivity index (χ4n) is 5.69. The van der Waals surface area contributed by atoms with E-state index in [1.54, 1.807) is 0 Å². The first-order valence-corrected chi connectivity index (χ1v) is 15.0. The molecule has 2 heterocycles. The Bertz CT molecular complexity index is 1540. The van der Waals surface area contributed by atoms with Crippen LogP contribution in [0.25, 0.3) is 11.1 Å². The number of pyridine rings is 1. The molecule has 8 nitrogen and oxygen atoms in total. The zero-order chi connectivity index (χ0) is 30.7.